The summed E-state index contributed by atoms with van der Waals surface area (Å²) in [4.78, 5) is 69.8. The number of ether oxygens (including phenoxy) is 1. The van der Waals surface area contributed by atoms with Gasteiger partial charge < -0.3 is 19.9 Å². The molecule has 2 aromatic heterocycles. The SMILES string of the molecule is O=C1N[C@]2(C(=O)NS(=O)(=O)C3CC3)C[C@H]2C=CCCCCC[C@H](CC(=O)N2CCC(C(F)(F)F)CC2)C(=O)N2C[C@H](Oc3cc(-c4ccccn4)nc4c5c(ccc34)CCC5)C[C@@H]12. The van der Waals surface area contributed by atoms with E-state index in [1.54, 1.807) is 6.20 Å². The Labute approximate surface area is 364 Å². The number of amides is 4. The van der Waals surface area contributed by atoms with E-state index in [4.69, 9.17) is 9.72 Å². The van der Waals surface area contributed by atoms with E-state index in [2.05, 4.69) is 21.1 Å². The highest BCUT2D eigenvalue weighted by atomic mass is 32.2. The van der Waals surface area contributed by atoms with Crippen molar-refractivity contribution in [2.45, 2.75) is 125 Å². The number of benzene rings is 1. The van der Waals surface area contributed by atoms with Crippen LogP contribution in [0.15, 0.2) is 54.7 Å². The number of halogens is 3. The number of aryl methyl sites for hydroxylation is 2. The van der Waals surface area contributed by atoms with Crippen LogP contribution in [0.4, 0.5) is 13.2 Å². The first kappa shape index (κ1) is 43.2. The number of pyridine rings is 2. The molecular weight excluding hydrogens is 838 g/mol. The van der Waals surface area contributed by atoms with Crippen molar-refractivity contribution in [2.24, 2.45) is 17.8 Å². The molecule has 4 amide bonds. The number of aromatic nitrogens is 2. The van der Waals surface area contributed by atoms with Crippen molar-refractivity contribution < 1.29 is 45.5 Å². The van der Waals surface area contributed by atoms with Gasteiger partial charge in [0.05, 0.1) is 34.6 Å². The van der Waals surface area contributed by atoms with Gasteiger partial charge in [0.25, 0.3) is 5.91 Å². The molecule has 0 bridgehead atoms. The normalized spacial score (nSPS) is 27.2. The van der Waals surface area contributed by atoms with Gasteiger partial charge in [-0.25, -0.2) is 13.4 Å². The molecular formula is C46H53F3N6O7S. The lowest BCUT2D eigenvalue weighted by Crippen LogP contribution is -2.57. The van der Waals surface area contributed by atoms with Crippen molar-refractivity contribution in [2.75, 3.05) is 19.6 Å². The van der Waals surface area contributed by atoms with E-state index < -0.39 is 80.5 Å². The number of carbonyl (C=O) groups is 4. The van der Waals surface area contributed by atoms with Crippen LogP contribution in [0.5, 0.6) is 5.75 Å². The first-order valence-corrected chi connectivity index (χ1v) is 24.0. The van der Waals surface area contributed by atoms with E-state index in [1.165, 1.54) is 15.4 Å². The van der Waals surface area contributed by atoms with E-state index in [-0.39, 0.29) is 51.7 Å². The van der Waals surface area contributed by atoms with Crippen molar-refractivity contribution in [3.05, 3.63) is 65.9 Å². The molecule has 1 aromatic carbocycles. The van der Waals surface area contributed by atoms with Crippen molar-refractivity contribution in [3.63, 3.8) is 0 Å². The Hall–Kier alpha value is -5.06. The summed E-state index contributed by atoms with van der Waals surface area (Å²) in [6.45, 7) is -0.163. The van der Waals surface area contributed by atoms with Crippen LogP contribution in [0, 0.1) is 17.8 Å². The summed E-state index contributed by atoms with van der Waals surface area (Å²) in [7, 11) is -3.95. The average Bonchev–Trinajstić information content (AvgIpc) is 4.14. The predicted molar refractivity (Wildman–Crippen MR) is 226 cm³/mol. The molecule has 3 aliphatic carbocycles. The lowest BCUT2D eigenvalue weighted by Gasteiger charge is -2.34. The molecule has 5 atom stereocenters. The molecule has 2 N–H and O–H groups in total. The van der Waals surface area contributed by atoms with Gasteiger partial charge in [0.15, 0.2) is 0 Å². The Morgan fingerprint density at radius 2 is 1.78 bits per heavy atom. The van der Waals surface area contributed by atoms with Gasteiger partial charge in [-0.1, -0.05) is 37.1 Å². The Kier molecular flexibility index (Phi) is 11.8. The Morgan fingerprint density at radius 1 is 0.968 bits per heavy atom. The zero-order valence-electron chi connectivity index (χ0n) is 35.1. The monoisotopic (exact) mass is 890 g/mol. The molecule has 5 heterocycles. The van der Waals surface area contributed by atoms with E-state index >= 15 is 0 Å². The fourth-order valence-corrected chi connectivity index (χ4v) is 11.4. The van der Waals surface area contributed by atoms with Crippen LogP contribution in [0.2, 0.25) is 0 Å². The lowest BCUT2D eigenvalue weighted by atomic mass is 9.92. The molecule has 0 spiro atoms. The van der Waals surface area contributed by atoms with Crippen molar-refractivity contribution in [1.29, 1.82) is 0 Å². The molecule has 9 rings (SSSR count). The van der Waals surface area contributed by atoms with Crippen molar-refractivity contribution in [3.8, 4) is 17.1 Å². The maximum Gasteiger partial charge on any atom is 0.391 e. The molecule has 13 nitrogen and oxygen atoms in total. The Morgan fingerprint density at radius 3 is 2.52 bits per heavy atom. The third-order valence-electron chi connectivity index (χ3n) is 13.9. The first-order valence-electron chi connectivity index (χ1n) is 22.4. The standard InChI is InChI=1S/C46H53F3N6O7S/c47-46(48,49)30-18-21-54(22-19-30)40(56)23-29-9-4-2-1-3-5-11-31-26-45(31,44(59)53-63(60,61)33-15-16-33)52-42(57)38-24-32(27-55(38)43(29)58)62-39-25-37(36-13-6-7-20-50-36)51-41-34-12-8-10-28(34)14-17-35(39)41/h5-7,11,13-14,17,20,25,29-33,38H,1-4,8-10,12,15-16,18-19,21-24,26-27H2,(H,52,57)(H,53,59)/t29-,31-,32-,38+,45-/m1/s1. The third kappa shape index (κ3) is 9.03. The summed E-state index contributed by atoms with van der Waals surface area (Å²) >= 11 is 0. The number of allylic oxidation sites excluding steroid dienone is 1. The van der Waals surface area contributed by atoms with Crippen molar-refractivity contribution in [1.82, 2.24) is 29.8 Å². The number of nitrogens with zero attached hydrogens (tertiary/aromatic N) is 4. The molecule has 4 fully saturated rings. The predicted octanol–water partition coefficient (Wildman–Crippen LogP) is 5.94. The minimum absolute atomic E-state index is 0.0233. The van der Waals surface area contributed by atoms with Crippen LogP contribution in [0.1, 0.15) is 94.6 Å². The van der Waals surface area contributed by atoms with Gasteiger partial charge in [0, 0.05) is 55.4 Å². The zero-order chi connectivity index (χ0) is 44.1. The summed E-state index contributed by atoms with van der Waals surface area (Å²) in [6.07, 6.45) is 6.65. The smallest absolute Gasteiger partial charge is 0.391 e. The summed E-state index contributed by atoms with van der Waals surface area (Å²) in [6, 6.07) is 10.3. The number of likely N-dealkylation sites (tertiary alicyclic amines) is 1. The Bertz CT molecular complexity index is 2420. The van der Waals surface area contributed by atoms with E-state index in [1.807, 2.05) is 42.5 Å². The minimum atomic E-state index is -4.35. The topological polar surface area (TPSA) is 168 Å². The lowest BCUT2D eigenvalue weighted by molar-refractivity contribution is -0.186. The summed E-state index contributed by atoms with van der Waals surface area (Å²) < 4.78 is 75.5. The van der Waals surface area contributed by atoms with E-state index in [9.17, 15) is 40.8 Å². The molecule has 0 unspecified atom stereocenters. The number of fused-ring (bicyclic) bond motifs is 5. The van der Waals surface area contributed by atoms with E-state index in [0.717, 1.165) is 48.6 Å². The molecule has 0 radical (unpaired) electrons. The second-order valence-corrected chi connectivity index (χ2v) is 20.2. The molecule has 17 heteroatoms. The van der Waals surface area contributed by atoms with Gasteiger partial charge in [-0.05, 0) is 100.0 Å². The maximum atomic E-state index is 14.9. The second kappa shape index (κ2) is 17.1. The number of hydrogen-bond acceptors (Lipinski definition) is 9. The number of rotatable bonds is 8. The van der Waals surface area contributed by atoms with Crippen LogP contribution in [-0.4, -0.2) is 101 Å². The fraction of sp³-hybridized carbons (Fsp3) is 0.565. The Balaban J connectivity index is 1.03. The van der Waals surface area contributed by atoms with Gasteiger partial charge in [-0.3, -0.25) is 28.9 Å². The minimum Gasteiger partial charge on any atom is -0.488 e. The molecule has 3 aliphatic heterocycles. The van der Waals surface area contributed by atoms with Crippen LogP contribution < -0.4 is 14.8 Å². The number of piperidine rings is 1. The van der Waals surface area contributed by atoms with Crippen LogP contribution in [0.3, 0.4) is 0 Å². The van der Waals surface area contributed by atoms with Gasteiger partial charge in [0.2, 0.25) is 27.7 Å². The molecule has 336 valence electrons. The quantitative estimate of drug-likeness (QED) is 0.260. The highest BCUT2D eigenvalue weighted by Crippen LogP contribution is 2.46. The van der Waals surface area contributed by atoms with Gasteiger partial charge in [0.1, 0.15) is 23.4 Å². The summed E-state index contributed by atoms with van der Waals surface area (Å²) in [5, 5.41) is 3.01. The molecule has 63 heavy (non-hydrogen) atoms. The number of hydrogen-bond donors (Lipinski definition) is 2. The van der Waals surface area contributed by atoms with Crippen LogP contribution in [0.25, 0.3) is 22.3 Å². The largest absolute Gasteiger partial charge is 0.488 e. The fourth-order valence-electron chi connectivity index (χ4n) is 10.0. The molecule has 3 aromatic rings. The van der Waals surface area contributed by atoms with Gasteiger partial charge in [-0.15, -0.1) is 0 Å². The first-order chi connectivity index (χ1) is 30.2. The number of sulfonamides is 1. The summed E-state index contributed by atoms with van der Waals surface area (Å²) in [5.74, 6) is -4.66. The van der Waals surface area contributed by atoms with Crippen molar-refractivity contribution >= 4 is 44.6 Å². The molecule has 2 saturated carbocycles. The van der Waals surface area contributed by atoms with E-state index in [0.29, 0.717) is 49.2 Å². The van der Waals surface area contributed by atoms with Crippen LogP contribution >= 0.6 is 0 Å². The molecule has 2 saturated heterocycles. The third-order valence-corrected chi connectivity index (χ3v) is 15.7. The zero-order valence-corrected chi connectivity index (χ0v) is 35.9. The van der Waals surface area contributed by atoms with Gasteiger partial charge in [-0.2, -0.15) is 13.2 Å². The van der Waals surface area contributed by atoms with Crippen LogP contribution in [-0.2, 0) is 42.0 Å². The highest BCUT2D eigenvalue weighted by molar-refractivity contribution is 7.91. The van der Waals surface area contributed by atoms with Gasteiger partial charge >= 0.3 is 6.18 Å². The number of nitrogens with one attached hydrogen (secondary N) is 2. The number of carbonyl (C=O) groups excluding carboxylic acids is 4. The highest BCUT2D eigenvalue weighted by Gasteiger charge is 2.62. The average molecular weight is 891 g/mol. The summed E-state index contributed by atoms with van der Waals surface area (Å²) in [5.41, 5.74) is 2.84. The maximum absolute atomic E-state index is 14.9. The number of alkyl halides is 3. The second-order valence-electron chi connectivity index (χ2n) is 18.3. The molecule has 6 aliphatic rings.